The second kappa shape index (κ2) is 2.87. The molecule has 0 bridgehead atoms. The predicted molar refractivity (Wildman–Crippen MR) is 45.3 cm³/mol. The molecule has 0 aromatic heterocycles. The van der Waals surface area contributed by atoms with E-state index < -0.39 is 19.6 Å². The Morgan fingerprint density at radius 2 is 2.10 bits per heavy atom. The Hall–Kier alpha value is -0.780. The van der Waals surface area contributed by atoms with Crippen molar-refractivity contribution in [1.29, 1.82) is 0 Å². The van der Waals surface area contributed by atoms with Gasteiger partial charge in [0.1, 0.15) is 0 Å². The van der Waals surface area contributed by atoms with Gasteiger partial charge < -0.3 is 0 Å². The number of hydrogen-bond donors (Lipinski definition) is 0. The lowest BCUT2D eigenvalue weighted by atomic mass is 9.99. The highest BCUT2D eigenvalue weighted by Crippen LogP contribution is 2.17. The van der Waals surface area contributed by atoms with Gasteiger partial charge in [-0.15, -0.1) is 0 Å². The van der Waals surface area contributed by atoms with Crippen molar-refractivity contribution < 1.29 is 9.60 Å². The molecule has 0 N–H and O–H groups in total. The van der Waals surface area contributed by atoms with E-state index in [2.05, 4.69) is 0 Å². The first-order chi connectivity index (χ1) is 7.52. The molecule has 0 heterocycles. The number of benzene rings is 1. The van der Waals surface area contributed by atoms with E-state index in [9.17, 15) is 0 Å². The van der Waals surface area contributed by atoms with E-state index in [1.54, 1.807) is 25.1 Å². The van der Waals surface area contributed by atoms with Crippen LogP contribution in [-0.2, 0) is 0 Å². The van der Waals surface area contributed by atoms with E-state index in [1.807, 2.05) is 0 Å². The summed E-state index contributed by atoms with van der Waals surface area (Å²) in [5, 5.41) is 0. The first-order valence-electron chi connectivity index (χ1n) is 6.58. The summed E-state index contributed by atoms with van der Waals surface area (Å²) in [4.78, 5) is 0. The Bertz CT molecular complexity index is 388. The van der Waals surface area contributed by atoms with Crippen LogP contribution in [0.5, 0.6) is 0 Å². The minimum atomic E-state index is -2.91. The van der Waals surface area contributed by atoms with Crippen LogP contribution >= 0.6 is 0 Å². The molecule has 0 aliphatic carbocycles. The predicted octanol–water partition coefficient (Wildman–Crippen LogP) is 3.12. The van der Waals surface area contributed by atoms with Gasteiger partial charge >= 0.3 is 0 Å². The van der Waals surface area contributed by atoms with Gasteiger partial charge in [-0.05, 0) is 23.9 Å². The van der Waals surface area contributed by atoms with Gasteiger partial charge in [0.05, 0.1) is 0 Å². The Morgan fingerprint density at radius 3 is 2.70 bits per heavy atom. The normalized spacial score (nSPS) is 24.3. The number of aryl methyl sites for hydroxylation is 1. The lowest BCUT2D eigenvalue weighted by Crippen LogP contribution is -1.89. The molecule has 0 amide bonds. The standard InChI is InChI=1S/C10H14/c1-8(2)10-7-5-4-6-9(10)3/h4-8H,1-3H3/i1D3,2D3,8D. The van der Waals surface area contributed by atoms with Gasteiger partial charge in [-0.25, -0.2) is 0 Å². The largest absolute Gasteiger partial charge is 0.0620 e. The fourth-order valence-corrected chi connectivity index (χ4v) is 0.853. The van der Waals surface area contributed by atoms with Gasteiger partial charge in [-0.1, -0.05) is 38.0 Å². The van der Waals surface area contributed by atoms with Crippen LogP contribution in [0.25, 0.3) is 0 Å². The molecule has 0 saturated heterocycles. The summed E-state index contributed by atoms with van der Waals surface area (Å²) in [5.74, 6) is -2.59. The van der Waals surface area contributed by atoms with Crippen LogP contribution in [-0.4, -0.2) is 0 Å². The zero-order valence-corrected chi connectivity index (χ0v) is 5.81. The molecule has 0 nitrogen and oxygen atoms in total. The second-order valence-corrected chi connectivity index (χ2v) is 2.19. The molecule has 0 aliphatic heterocycles. The van der Waals surface area contributed by atoms with E-state index in [0.29, 0.717) is 5.56 Å². The van der Waals surface area contributed by atoms with Gasteiger partial charge in [-0.2, -0.15) is 0 Å². The first-order valence-corrected chi connectivity index (χ1v) is 3.08. The molecule has 0 spiro atoms. The lowest BCUT2D eigenvalue weighted by Gasteiger charge is -2.07. The third-order valence-corrected chi connectivity index (χ3v) is 1.41. The van der Waals surface area contributed by atoms with Crippen molar-refractivity contribution in [2.45, 2.75) is 26.5 Å². The zero-order valence-electron chi connectivity index (χ0n) is 12.8. The van der Waals surface area contributed by atoms with Crippen LogP contribution in [0, 0.1) is 6.92 Å². The van der Waals surface area contributed by atoms with Crippen molar-refractivity contribution in [3.05, 3.63) is 35.4 Å². The Kier molecular flexibility index (Phi) is 0.679. The quantitative estimate of drug-likeness (QED) is 0.563. The van der Waals surface area contributed by atoms with E-state index in [0.717, 1.165) is 0 Å². The topological polar surface area (TPSA) is 0 Å². The molecule has 54 valence electrons. The van der Waals surface area contributed by atoms with Gasteiger partial charge in [-0.3, -0.25) is 0 Å². The summed E-state index contributed by atoms with van der Waals surface area (Å²) >= 11 is 0. The number of rotatable bonds is 1. The monoisotopic (exact) mass is 141 g/mol. The van der Waals surface area contributed by atoms with Crippen LogP contribution in [0.15, 0.2) is 24.3 Å². The Morgan fingerprint density at radius 1 is 1.40 bits per heavy atom. The van der Waals surface area contributed by atoms with Crippen molar-refractivity contribution >= 4 is 0 Å². The second-order valence-electron chi connectivity index (χ2n) is 2.19. The summed E-state index contributed by atoms with van der Waals surface area (Å²) in [7, 11) is 0. The molecular weight excluding hydrogens is 120 g/mol. The average molecular weight is 141 g/mol. The van der Waals surface area contributed by atoms with Crippen molar-refractivity contribution in [1.82, 2.24) is 0 Å². The van der Waals surface area contributed by atoms with Gasteiger partial charge in [0.15, 0.2) is 0 Å². The highest BCUT2D eigenvalue weighted by molar-refractivity contribution is 5.27. The summed E-state index contributed by atoms with van der Waals surface area (Å²) < 4.78 is 52.1. The molecule has 10 heavy (non-hydrogen) atoms. The summed E-state index contributed by atoms with van der Waals surface area (Å²) in [6.07, 6.45) is 0. The minimum Gasteiger partial charge on any atom is -0.0620 e. The molecule has 1 rings (SSSR count). The van der Waals surface area contributed by atoms with Crippen LogP contribution < -0.4 is 0 Å². The third-order valence-electron chi connectivity index (χ3n) is 1.41. The van der Waals surface area contributed by atoms with Crippen LogP contribution in [0.4, 0.5) is 0 Å². The molecule has 0 saturated carbocycles. The maximum absolute atomic E-state index is 7.98. The van der Waals surface area contributed by atoms with Crippen molar-refractivity contribution in [3.63, 3.8) is 0 Å². The van der Waals surface area contributed by atoms with Gasteiger partial charge in [0.25, 0.3) is 0 Å². The van der Waals surface area contributed by atoms with Crippen molar-refractivity contribution in [3.8, 4) is 0 Å². The molecule has 1 aromatic carbocycles. The molecule has 0 heteroatoms. The molecule has 0 aliphatic rings. The van der Waals surface area contributed by atoms with Crippen LogP contribution in [0.1, 0.15) is 40.3 Å². The minimum absolute atomic E-state index is 0.0278. The van der Waals surface area contributed by atoms with Gasteiger partial charge in [0, 0.05) is 9.60 Å². The maximum atomic E-state index is 7.98. The van der Waals surface area contributed by atoms with Crippen LogP contribution in [0.3, 0.4) is 0 Å². The number of hydrogen-bond acceptors (Lipinski definition) is 0. The molecule has 0 unspecified atom stereocenters. The molecule has 0 atom stereocenters. The summed E-state index contributed by atoms with van der Waals surface area (Å²) in [5.41, 5.74) is 0.523. The van der Waals surface area contributed by atoms with Crippen molar-refractivity contribution in [2.75, 3.05) is 0 Å². The fourth-order valence-electron chi connectivity index (χ4n) is 0.853. The molecule has 0 radical (unpaired) electrons. The SMILES string of the molecule is [2H]C([2H])([2H])C([2H])(c1ccccc1C)C([2H])([2H])[2H]. The van der Waals surface area contributed by atoms with Gasteiger partial charge in [0.2, 0.25) is 0 Å². The van der Waals surface area contributed by atoms with Crippen molar-refractivity contribution in [2.24, 2.45) is 0 Å². The molecule has 0 fully saturated rings. The fraction of sp³-hybridized carbons (Fsp3) is 0.400. The molecular formula is C10H14. The summed E-state index contributed by atoms with van der Waals surface area (Å²) in [6, 6.07) is 6.22. The Balaban J connectivity index is 3.53. The van der Waals surface area contributed by atoms with E-state index in [4.69, 9.17) is 9.60 Å². The third kappa shape index (κ3) is 1.38. The highest BCUT2D eigenvalue weighted by atomic mass is 14.0. The lowest BCUT2D eigenvalue weighted by molar-refractivity contribution is 0.856. The van der Waals surface area contributed by atoms with E-state index in [-0.39, 0.29) is 5.56 Å². The first kappa shape index (κ1) is 2.37. The Labute approximate surface area is 72.7 Å². The average Bonchev–Trinajstić information content (AvgIpc) is 2.13. The van der Waals surface area contributed by atoms with Crippen LogP contribution in [0.2, 0.25) is 0 Å². The zero-order chi connectivity index (χ0) is 13.5. The summed E-state index contributed by atoms with van der Waals surface area (Å²) in [6.45, 7) is -4.22. The maximum Gasteiger partial charge on any atom is 0.0347 e. The van der Waals surface area contributed by atoms with E-state index >= 15 is 0 Å². The highest BCUT2D eigenvalue weighted by Gasteiger charge is 1.99. The molecule has 1 aromatic rings. The smallest absolute Gasteiger partial charge is 0.0347 e. The van der Waals surface area contributed by atoms with E-state index in [1.165, 1.54) is 6.07 Å².